The van der Waals surface area contributed by atoms with Crippen molar-refractivity contribution in [3.8, 4) is 0 Å². The summed E-state index contributed by atoms with van der Waals surface area (Å²) >= 11 is 0. The average Bonchev–Trinajstić information content (AvgIpc) is 2.82. The number of aliphatic carboxylic acids is 1. The molecule has 1 unspecified atom stereocenters. The Morgan fingerprint density at radius 3 is 1.51 bits per heavy atom. The van der Waals surface area contributed by atoms with E-state index in [1.165, 1.54) is 32.1 Å². The molecular formula is C26H46N2O9. The summed E-state index contributed by atoms with van der Waals surface area (Å²) in [4.78, 5) is 58.8. The van der Waals surface area contributed by atoms with Gasteiger partial charge < -0.3 is 10.2 Å². The number of Topliss-reactive ketones (excluding diaryl/α,β-unsaturated/α-hetero) is 2. The van der Waals surface area contributed by atoms with E-state index in [4.69, 9.17) is 0 Å². The number of carbonyl (C=O) groups excluding carboxylic acids is 4. The highest BCUT2D eigenvalue weighted by molar-refractivity contribution is 5.93. The van der Waals surface area contributed by atoms with E-state index in [0.717, 1.165) is 26.2 Å². The SMILES string of the molecule is CCCCCCCCCCCC(=O)N(O)CCCC(=O)CC(O)(CC(=O)CCCN(O)C(C)=O)C(=O)O. The summed E-state index contributed by atoms with van der Waals surface area (Å²) in [5, 5.41) is 39.9. The van der Waals surface area contributed by atoms with Crippen LogP contribution in [0.2, 0.25) is 0 Å². The molecule has 0 aromatic rings. The molecule has 0 aliphatic rings. The van der Waals surface area contributed by atoms with Gasteiger partial charge in [-0.1, -0.05) is 58.3 Å². The zero-order valence-electron chi connectivity index (χ0n) is 22.5. The molecule has 0 aliphatic heterocycles. The van der Waals surface area contributed by atoms with Gasteiger partial charge in [0.15, 0.2) is 5.60 Å². The molecule has 0 aromatic heterocycles. The van der Waals surface area contributed by atoms with Crippen molar-refractivity contribution >= 4 is 29.4 Å². The molecule has 0 heterocycles. The molecule has 0 radical (unpaired) electrons. The van der Waals surface area contributed by atoms with Crippen LogP contribution in [0.1, 0.15) is 117 Å². The van der Waals surface area contributed by atoms with Crippen molar-refractivity contribution in [3.05, 3.63) is 0 Å². The van der Waals surface area contributed by atoms with E-state index in [1.807, 2.05) is 0 Å². The van der Waals surface area contributed by atoms with E-state index in [-0.39, 0.29) is 45.2 Å². The fraction of sp³-hybridized carbons (Fsp3) is 0.808. The van der Waals surface area contributed by atoms with Crippen LogP contribution in [0.3, 0.4) is 0 Å². The van der Waals surface area contributed by atoms with Gasteiger partial charge in [-0.15, -0.1) is 0 Å². The molecule has 0 bridgehead atoms. The molecule has 0 rings (SSSR count). The Labute approximate surface area is 219 Å². The average molecular weight is 531 g/mol. The van der Waals surface area contributed by atoms with Crippen LogP contribution < -0.4 is 0 Å². The smallest absolute Gasteiger partial charge is 0.336 e. The third-order valence-electron chi connectivity index (χ3n) is 6.17. The predicted molar refractivity (Wildman–Crippen MR) is 135 cm³/mol. The quantitative estimate of drug-likeness (QED) is 0.0873. The lowest BCUT2D eigenvalue weighted by atomic mass is 9.89. The summed E-state index contributed by atoms with van der Waals surface area (Å²) in [6, 6.07) is 0. The number of hydroxylamine groups is 4. The largest absolute Gasteiger partial charge is 0.479 e. The predicted octanol–water partition coefficient (Wildman–Crippen LogP) is 3.66. The molecular weight excluding hydrogens is 484 g/mol. The monoisotopic (exact) mass is 530 g/mol. The summed E-state index contributed by atoms with van der Waals surface area (Å²) < 4.78 is 0. The molecule has 4 N–H and O–H groups in total. The summed E-state index contributed by atoms with van der Waals surface area (Å²) in [6.45, 7) is 3.10. The molecule has 214 valence electrons. The Morgan fingerprint density at radius 1 is 0.649 bits per heavy atom. The van der Waals surface area contributed by atoms with Gasteiger partial charge in [0.2, 0.25) is 11.8 Å². The van der Waals surface area contributed by atoms with Gasteiger partial charge in [0.25, 0.3) is 0 Å². The molecule has 11 heteroatoms. The van der Waals surface area contributed by atoms with Crippen molar-refractivity contribution in [1.82, 2.24) is 10.1 Å². The first kappa shape index (κ1) is 34.6. The Kier molecular flexibility index (Phi) is 18.4. The van der Waals surface area contributed by atoms with Gasteiger partial charge in [0, 0.05) is 52.1 Å². The van der Waals surface area contributed by atoms with Gasteiger partial charge in [0.1, 0.15) is 11.6 Å². The summed E-state index contributed by atoms with van der Waals surface area (Å²) in [6.07, 6.45) is 8.38. The zero-order chi connectivity index (χ0) is 28.3. The number of hydrogen-bond acceptors (Lipinski definition) is 8. The lowest BCUT2D eigenvalue weighted by molar-refractivity contribution is -0.166. The van der Waals surface area contributed by atoms with Crippen LogP contribution in [-0.2, 0) is 24.0 Å². The number of carboxylic acid groups (broad SMARTS) is 1. The van der Waals surface area contributed by atoms with Crippen LogP contribution in [0.25, 0.3) is 0 Å². The van der Waals surface area contributed by atoms with Crippen LogP contribution >= 0.6 is 0 Å². The van der Waals surface area contributed by atoms with Crippen LogP contribution in [-0.4, -0.2) is 78.8 Å². The highest BCUT2D eigenvalue weighted by Gasteiger charge is 2.40. The van der Waals surface area contributed by atoms with E-state index in [9.17, 15) is 44.6 Å². The summed E-state index contributed by atoms with van der Waals surface area (Å²) in [7, 11) is 0. The van der Waals surface area contributed by atoms with Crippen LogP contribution in [0.5, 0.6) is 0 Å². The van der Waals surface area contributed by atoms with Gasteiger partial charge in [-0.25, -0.2) is 14.9 Å². The molecule has 0 aliphatic carbocycles. The van der Waals surface area contributed by atoms with Crippen LogP contribution in [0, 0.1) is 0 Å². The number of hydrogen-bond donors (Lipinski definition) is 4. The number of aliphatic hydroxyl groups is 1. The number of ketones is 2. The highest BCUT2D eigenvalue weighted by Crippen LogP contribution is 2.20. The van der Waals surface area contributed by atoms with Gasteiger partial charge in [-0.3, -0.25) is 29.6 Å². The Hall–Kier alpha value is -2.37. The number of carboxylic acids is 1. The second-order valence-electron chi connectivity index (χ2n) is 9.71. The van der Waals surface area contributed by atoms with Crippen LogP contribution in [0.15, 0.2) is 0 Å². The minimum Gasteiger partial charge on any atom is -0.479 e. The normalized spacial score (nSPS) is 12.6. The molecule has 0 saturated carbocycles. The Morgan fingerprint density at radius 2 is 1.08 bits per heavy atom. The first-order valence-corrected chi connectivity index (χ1v) is 13.4. The first-order chi connectivity index (χ1) is 17.4. The fourth-order valence-corrected chi connectivity index (χ4v) is 3.89. The molecule has 0 aromatic carbocycles. The minimum absolute atomic E-state index is 0.0674. The third kappa shape index (κ3) is 16.9. The van der Waals surface area contributed by atoms with Crippen molar-refractivity contribution in [2.75, 3.05) is 13.1 Å². The van der Waals surface area contributed by atoms with Crippen molar-refractivity contribution in [2.24, 2.45) is 0 Å². The molecule has 11 nitrogen and oxygen atoms in total. The number of amides is 2. The minimum atomic E-state index is -2.57. The molecule has 0 saturated heterocycles. The van der Waals surface area contributed by atoms with Crippen molar-refractivity contribution < 1.29 is 44.6 Å². The molecule has 2 amide bonds. The topological polar surface area (TPSA) is 173 Å². The van der Waals surface area contributed by atoms with Gasteiger partial charge in [-0.05, 0) is 19.3 Å². The second kappa shape index (κ2) is 19.7. The highest BCUT2D eigenvalue weighted by atomic mass is 16.5. The van der Waals surface area contributed by atoms with Crippen molar-refractivity contribution in [1.29, 1.82) is 0 Å². The number of carbonyl (C=O) groups is 5. The molecule has 0 fully saturated rings. The maximum absolute atomic E-state index is 12.2. The standard InChI is InChI=1S/C26H46N2O9/c1-3-4-5-6-7-8-9-10-11-16-24(32)28(37)18-13-15-23(31)20-26(35,25(33)34)19-22(30)14-12-17-27(36)21(2)29/h35-37H,3-20H2,1-2H3,(H,33,34). The van der Waals surface area contributed by atoms with E-state index < -0.39 is 47.8 Å². The zero-order valence-corrected chi connectivity index (χ0v) is 22.5. The fourth-order valence-electron chi connectivity index (χ4n) is 3.89. The lowest BCUT2D eigenvalue weighted by Gasteiger charge is -2.22. The summed E-state index contributed by atoms with van der Waals surface area (Å²) in [5.74, 6) is -3.99. The van der Waals surface area contributed by atoms with Crippen molar-refractivity contribution in [2.45, 2.75) is 122 Å². The van der Waals surface area contributed by atoms with Crippen molar-refractivity contribution in [3.63, 3.8) is 0 Å². The van der Waals surface area contributed by atoms with Gasteiger partial charge in [0.05, 0.1) is 0 Å². The maximum atomic E-state index is 12.2. The van der Waals surface area contributed by atoms with E-state index in [2.05, 4.69) is 6.92 Å². The number of unbranched alkanes of at least 4 members (excludes halogenated alkanes) is 8. The number of nitrogens with zero attached hydrogens (tertiary/aromatic N) is 2. The van der Waals surface area contributed by atoms with E-state index >= 15 is 0 Å². The summed E-state index contributed by atoms with van der Waals surface area (Å²) in [5.41, 5.74) is -2.57. The molecule has 37 heavy (non-hydrogen) atoms. The number of rotatable bonds is 23. The first-order valence-electron chi connectivity index (χ1n) is 13.4. The third-order valence-corrected chi connectivity index (χ3v) is 6.17. The Bertz CT molecular complexity index is 729. The molecule has 0 spiro atoms. The maximum Gasteiger partial charge on any atom is 0.336 e. The van der Waals surface area contributed by atoms with E-state index in [0.29, 0.717) is 16.5 Å². The van der Waals surface area contributed by atoms with E-state index in [1.54, 1.807) is 0 Å². The lowest BCUT2D eigenvalue weighted by Crippen LogP contribution is -2.43. The van der Waals surface area contributed by atoms with Gasteiger partial charge >= 0.3 is 5.97 Å². The second-order valence-corrected chi connectivity index (χ2v) is 9.71. The molecule has 1 atom stereocenters. The Balaban J connectivity index is 4.24. The van der Waals surface area contributed by atoms with Crippen LogP contribution in [0.4, 0.5) is 0 Å². The van der Waals surface area contributed by atoms with Gasteiger partial charge in [-0.2, -0.15) is 0 Å².